The second-order valence-electron chi connectivity index (χ2n) is 8.32. The van der Waals surface area contributed by atoms with E-state index in [1.165, 1.54) is 6.21 Å². The van der Waals surface area contributed by atoms with Crippen molar-refractivity contribution in [3.8, 4) is 17.0 Å². The Balaban J connectivity index is 1.39. The van der Waals surface area contributed by atoms with Crippen molar-refractivity contribution in [2.75, 3.05) is 44.6 Å². The second kappa shape index (κ2) is 9.85. The minimum absolute atomic E-state index is 0.170. The lowest BCUT2D eigenvalue weighted by Gasteiger charge is -2.27. The molecule has 0 spiro atoms. The van der Waals surface area contributed by atoms with Gasteiger partial charge < -0.3 is 20.5 Å². The molecule has 1 saturated heterocycles. The van der Waals surface area contributed by atoms with Crippen LogP contribution in [0.5, 0.6) is 0 Å². The largest absolute Gasteiger partial charge is 0.456 e. The van der Waals surface area contributed by atoms with Crippen molar-refractivity contribution in [1.29, 1.82) is 5.41 Å². The summed E-state index contributed by atoms with van der Waals surface area (Å²) in [7, 11) is 0. The van der Waals surface area contributed by atoms with Gasteiger partial charge in [0.05, 0.1) is 5.39 Å². The SMILES string of the molecule is N=Cc1cc(-n2ccc3oc(-c4ccc(Cl)cc4)cc3c2=O)ccc1NCCN1CCNCC1. The molecule has 0 atom stereocenters. The fourth-order valence-corrected chi connectivity index (χ4v) is 4.39. The van der Waals surface area contributed by atoms with Crippen molar-refractivity contribution in [2.45, 2.75) is 0 Å². The predicted octanol–water partition coefficient (Wildman–Crippen LogP) is 4.22. The molecule has 174 valence electrons. The Morgan fingerprint density at radius 3 is 2.65 bits per heavy atom. The van der Waals surface area contributed by atoms with Gasteiger partial charge in [-0.25, -0.2) is 0 Å². The molecule has 2 aromatic heterocycles. The summed E-state index contributed by atoms with van der Waals surface area (Å²) in [5.41, 5.74) is 3.54. The number of benzene rings is 2. The van der Waals surface area contributed by atoms with Gasteiger partial charge in [-0.2, -0.15) is 0 Å². The summed E-state index contributed by atoms with van der Waals surface area (Å²) in [6, 6.07) is 16.5. The lowest BCUT2D eigenvalue weighted by molar-refractivity contribution is 0.249. The van der Waals surface area contributed by atoms with E-state index in [2.05, 4.69) is 15.5 Å². The molecule has 3 N–H and O–H groups in total. The fourth-order valence-electron chi connectivity index (χ4n) is 4.26. The first kappa shape index (κ1) is 22.4. The topological polar surface area (TPSA) is 86.3 Å². The van der Waals surface area contributed by atoms with Crippen LogP contribution in [-0.4, -0.2) is 55.0 Å². The van der Waals surface area contributed by atoms with Gasteiger partial charge in [-0.15, -0.1) is 0 Å². The minimum atomic E-state index is -0.170. The Hall–Kier alpha value is -3.39. The summed E-state index contributed by atoms with van der Waals surface area (Å²) in [5, 5.41) is 15.8. The van der Waals surface area contributed by atoms with Gasteiger partial charge in [-0.1, -0.05) is 11.6 Å². The highest BCUT2D eigenvalue weighted by atomic mass is 35.5. The number of furan rings is 1. The molecule has 7 nitrogen and oxygen atoms in total. The van der Waals surface area contributed by atoms with Gasteiger partial charge in [0, 0.05) is 79.2 Å². The number of rotatable bonds is 7. The summed E-state index contributed by atoms with van der Waals surface area (Å²) in [5.74, 6) is 0.616. The molecule has 1 aliphatic heterocycles. The first-order valence-corrected chi connectivity index (χ1v) is 11.7. The predicted molar refractivity (Wildman–Crippen MR) is 138 cm³/mol. The van der Waals surface area contributed by atoms with E-state index in [9.17, 15) is 4.79 Å². The summed E-state index contributed by atoms with van der Waals surface area (Å²) in [4.78, 5) is 15.7. The molecule has 1 fully saturated rings. The van der Waals surface area contributed by atoms with Gasteiger partial charge in [-0.05, 0) is 54.6 Å². The normalized spacial score (nSPS) is 14.4. The number of anilines is 1. The molecular formula is C26H26ClN5O2. The Labute approximate surface area is 202 Å². The highest BCUT2D eigenvalue weighted by Crippen LogP contribution is 2.27. The number of halogens is 1. The number of nitrogens with one attached hydrogen (secondary N) is 3. The zero-order valence-corrected chi connectivity index (χ0v) is 19.4. The van der Waals surface area contributed by atoms with Crippen LogP contribution < -0.4 is 16.2 Å². The highest BCUT2D eigenvalue weighted by molar-refractivity contribution is 6.30. The van der Waals surface area contributed by atoms with Crippen molar-refractivity contribution >= 4 is 34.5 Å². The number of aromatic nitrogens is 1. The molecule has 5 rings (SSSR count). The maximum Gasteiger partial charge on any atom is 0.266 e. The van der Waals surface area contributed by atoms with Crippen LogP contribution in [0.15, 0.2) is 70.0 Å². The smallest absolute Gasteiger partial charge is 0.266 e. The number of nitrogens with zero attached hydrogens (tertiary/aromatic N) is 2. The molecule has 0 amide bonds. The van der Waals surface area contributed by atoms with Crippen LogP contribution in [0, 0.1) is 5.41 Å². The molecule has 0 bridgehead atoms. The van der Waals surface area contributed by atoms with Crippen LogP contribution in [0.25, 0.3) is 28.0 Å². The van der Waals surface area contributed by atoms with E-state index in [1.54, 1.807) is 35.0 Å². The number of piperazine rings is 1. The molecule has 0 aliphatic carbocycles. The van der Waals surface area contributed by atoms with Crippen molar-refractivity contribution in [3.63, 3.8) is 0 Å². The van der Waals surface area contributed by atoms with Crippen LogP contribution in [0.3, 0.4) is 0 Å². The molecule has 4 aromatic rings. The van der Waals surface area contributed by atoms with Gasteiger partial charge in [0.25, 0.3) is 5.56 Å². The third kappa shape index (κ3) is 4.63. The molecule has 8 heteroatoms. The number of fused-ring (bicyclic) bond motifs is 1. The van der Waals surface area contributed by atoms with E-state index < -0.39 is 0 Å². The second-order valence-corrected chi connectivity index (χ2v) is 8.76. The van der Waals surface area contributed by atoms with Crippen LogP contribution in [-0.2, 0) is 0 Å². The van der Waals surface area contributed by atoms with Crippen molar-refractivity contribution in [2.24, 2.45) is 0 Å². The van der Waals surface area contributed by atoms with Crippen LogP contribution in [0.1, 0.15) is 5.56 Å². The Kier molecular flexibility index (Phi) is 6.49. The van der Waals surface area contributed by atoms with Gasteiger partial charge in [-0.3, -0.25) is 14.3 Å². The maximum absolute atomic E-state index is 13.3. The van der Waals surface area contributed by atoms with Gasteiger partial charge in [0.15, 0.2) is 0 Å². The fraction of sp³-hybridized carbons (Fsp3) is 0.231. The lowest BCUT2D eigenvalue weighted by Crippen LogP contribution is -2.45. The Morgan fingerprint density at radius 1 is 1.09 bits per heavy atom. The zero-order valence-electron chi connectivity index (χ0n) is 18.7. The monoisotopic (exact) mass is 475 g/mol. The molecular weight excluding hydrogens is 450 g/mol. The van der Waals surface area contributed by atoms with Gasteiger partial charge >= 0.3 is 0 Å². The van der Waals surface area contributed by atoms with Crippen LogP contribution >= 0.6 is 11.6 Å². The molecule has 34 heavy (non-hydrogen) atoms. The summed E-state index contributed by atoms with van der Waals surface area (Å²) < 4.78 is 7.50. The zero-order chi connectivity index (χ0) is 23.5. The number of hydrogen-bond acceptors (Lipinski definition) is 6. The molecule has 0 saturated carbocycles. The molecule has 0 radical (unpaired) electrons. The first-order valence-electron chi connectivity index (χ1n) is 11.4. The van der Waals surface area contributed by atoms with E-state index in [4.69, 9.17) is 21.4 Å². The standard InChI is InChI=1S/C26H26ClN5O2/c27-20-3-1-18(2-4-20)25-16-22-24(34-25)7-11-32(26(22)33)21-5-6-23(19(15-21)17-28)30-10-14-31-12-8-29-9-13-31/h1-7,11,15-17,28-30H,8-10,12-14H2. The quantitative estimate of drug-likeness (QED) is 0.348. The van der Waals surface area contributed by atoms with Crippen molar-refractivity contribution < 1.29 is 4.42 Å². The van der Waals surface area contributed by atoms with Crippen LogP contribution in [0.4, 0.5) is 5.69 Å². The third-order valence-electron chi connectivity index (χ3n) is 6.14. The lowest BCUT2D eigenvalue weighted by atomic mass is 10.1. The van der Waals surface area contributed by atoms with E-state index in [0.717, 1.165) is 56.1 Å². The molecule has 3 heterocycles. The first-order chi connectivity index (χ1) is 16.6. The number of pyridine rings is 1. The van der Waals surface area contributed by atoms with E-state index in [1.807, 2.05) is 30.3 Å². The van der Waals surface area contributed by atoms with Crippen molar-refractivity contribution in [3.05, 3.63) is 81.7 Å². The van der Waals surface area contributed by atoms with E-state index >= 15 is 0 Å². The van der Waals surface area contributed by atoms with Gasteiger partial charge in [0.2, 0.25) is 0 Å². The van der Waals surface area contributed by atoms with Gasteiger partial charge in [0.1, 0.15) is 11.3 Å². The van der Waals surface area contributed by atoms with Crippen LogP contribution in [0.2, 0.25) is 5.02 Å². The minimum Gasteiger partial charge on any atom is -0.456 e. The highest BCUT2D eigenvalue weighted by Gasteiger charge is 2.13. The van der Waals surface area contributed by atoms with E-state index in [0.29, 0.717) is 27.4 Å². The number of hydrogen-bond donors (Lipinski definition) is 3. The summed E-state index contributed by atoms with van der Waals surface area (Å²) >= 11 is 5.98. The maximum atomic E-state index is 13.3. The van der Waals surface area contributed by atoms with Crippen molar-refractivity contribution in [1.82, 2.24) is 14.8 Å². The molecule has 2 aromatic carbocycles. The Morgan fingerprint density at radius 2 is 1.88 bits per heavy atom. The Bertz CT molecular complexity index is 1370. The molecule has 0 unspecified atom stereocenters. The third-order valence-corrected chi connectivity index (χ3v) is 6.39. The molecule has 1 aliphatic rings. The van der Waals surface area contributed by atoms with E-state index in [-0.39, 0.29) is 5.56 Å². The summed E-state index contributed by atoms with van der Waals surface area (Å²) in [6.45, 7) is 5.91. The summed E-state index contributed by atoms with van der Waals surface area (Å²) in [6.07, 6.45) is 3.02. The average Bonchev–Trinajstić information content (AvgIpc) is 3.31. The average molecular weight is 476 g/mol.